The summed E-state index contributed by atoms with van der Waals surface area (Å²) in [4.78, 5) is 40.4. The van der Waals surface area contributed by atoms with Crippen LogP contribution in [0.3, 0.4) is 0 Å². The summed E-state index contributed by atoms with van der Waals surface area (Å²) >= 11 is 0. The van der Waals surface area contributed by atoms with Gasteiger partial charge < -0.3 is 10.4 Å². The van der Waals surface area contributed by atoms with Crippen molar-refractivity contribution < 1.29 is 14.7 Å². The summed E-state index contributed by atoms with van der Waals surface area (Å²) < 4.78 is 1.39. The summed E-state index contributed by atoms with van der Waals surface area (Å²) in [7, 11) is 0. The molecule has 3 aromatic rings. The molecule has 0 aliphatic heterocycles. The zero-order valence-corrected chi connectivity index (χ0v) is 16.2. The standard InChI is InChI=1S/C22H23N3O4/c1-15-5-4-6-16(11-15)12-17(22(28)29)13-23-20(26)9-10-25-14-24-19-8-3-2-7-18(19)21(25)27/h2-8,11,14,17H,9-10,12-13H2,1H3,(H,23,26)(H,28,29). The quantitative estimate of drug-likeness (QED) is 0.611. The van der Waals surface area contributed by atoms with Crippen LogP contribution in [0, 0.1) is 12.8 Å². The molecule has 0 saturated heterocycles. The van der Waals surface area contributed by atoms with Gasteiger partial charge in [0.25, 0.3) is 5.56 Å². The molecule has 0 radical (unpaired) electrons. The summed E-state index contributed by atoms with van der Waals surface area (Å²) in [5.41, 5.74) is 2.38. The maximum atomic E-state index is 12.4. The lowest BCUT2D eigenvalue weighted by atomic mass is 9.98. The fourth-order valence-corrected chi connectivity index (χ4v) is 3.18. The van der Waals surface area contributed by atoms with Gasteiger partial charge in [-0.25, -0.2) is 4.98 Å². The van der Waals surface area contributed by atoms with Gasteiger partial charge in [-0.3, -0.25) is 19.0 Å². The van der Waals surface area contributed by atoms with E-state index in [4.69, 9.17) is 0 Å². The highest BCUT2D eigenvalue weighted by molar-refractivity contribution is 5.78. The Kier molecular flexibility index (Phi) is 6.39. The van der Waals surface area contributed by atoms with Crippen molar-refractivity contribution in [2.75, 3.05) is 6.54 Å². The van der Waals surface area contributed by atoms with Gasteiger partial charge in [0, 0.05) is 19.5 Å². The lowest BCUT2D eigenvalue weighted by molar-refractivity contribution is -0.141. The van der Waals surface area contributed by atoms with Gasteiger partial charge in [0.15, 0.2) is 0 Å². The van der Waals surface area contributed by atoms with Crippen LogP contribution in [-0.4, -0.2) is 33.1 Å². The van der Waals surface area contributed by atoms with E-state index in [0.29, 0.717) is 17.3 Å². The molecule has 1 amide bonds. The molecule has 1 atom stereocenters. The number of carboxylic acid groups (broad SMARTS) is 1. The molecule has 1 heterocycles. The molecule has 150 valence electrons. The number of aromatic nitrogens is 2. The highest BCUT2D eigenvalue weighted by Crippen LogP contribution is 2.11. The van der Waals surface area contributed by atoms with Crippen LogP contribution in [-0.2, 0) is 22.6 Å². The highest BCUT2D eigenvalue weighted by Gasteiger charge is 2.19. The second-order valence-corrected chi connectivity index (χ2v) is 7.04. The Labute approximate surface area is 168 Å². The molecule has 0 aliphatic carbocycles. The Morgan fingerprint density at radius 3 is 2.72 bits per heavy atom. The number of aryl methyl sites for hydroxylation is 2. The van der Waals surface area contributed by atoms with Gasteiger partial charge >= 0.3 is 5.97 Å². The van der Waals surface area contributed by atoms with E-state index >= 15 is 0 Å². The van der Waals surface area contributed by atoms with Crippen LogP contribution in [0.2, 0.25) is 0 Å². The first-order valence-corrected chi connectivity index (χ1v) is 9.43. The van der Waals surface area contributed by atoms with Crippen molar-refractivity contribution in [2.24, 2.45) is 5.92 Å². The Hall–Kier alpha value is -3.48. The van der Waals surface area contributed by atoms with E-state index in [1.807, 2.05) is 37.3 Å². The smallest absolute Gasteiger partial charge is 0.308 e. The van der Waals surface area contributed by atoms with Crippen LogP contribution in [0.4, 0.5) is 0 Å². The average Bonchev–Trinajstić information content (AvgIpc) is 2.70. The monoisotopic (exact) mass is 393 g/mol. The maximum Gasteiger partial charge on any atom is 0.308 e. The largest absolute Gasteiger partial charge is 0.481 e. The molecule has 2 N–H and O–H groups in total. The van der Waals surface area contributed by atoms with Crippen LogP contribution in [0.25, 0.3) is 10.9 Å². The molecule has 0 aliphatic rings. The number of aliphatic carboxylic acids is 1. The van der Waals surface area contributed by atoms with E-state index in [1.165, 1.54) is 10.9 Å². The molecule has 0 bridgehead atoms. The molecule has 3 rings (SSSR count). The van der Waals surface area contributed by atoms with Crippen molar-refractivity contribution >= 4 is 22.8 Å². The third-order valence-corrected chi connectivity index (χ3v) is 4.77. The number of rotatable bonds is 8. The number of carboxylic acids is 1. The summed E-state index contributed by atoms with van der Waals surface area (Å²) in [5, 5.41) is 12.6. The molecule has 0 saturated carbocycles. The number of amides is 1. The highest BCUT2D eigenvalue weighted by atomic mass is 16.4. The van der Waals surface area contributed by atoms with Crippen molar-refractivity contribution in [3.63, 3.8) is 0 Å². The van der Waals surface area contributed by atoms with Gasteiger partial charge in [-0.2, -0.15) is 0 Å². The van der Waals surface area contributed by atoms with Gasteiger partial charge in [0.1, 0.15) is 0 Å². The van der Waals surface area contributed by atoms with Crippen molar-refractivity contribution in [3.8, 4) is 0 Å². The number of hydrogen-bond donors (Lipinski definition) is 2. The number of benzene rings is 2. The topological polar surface area (TPSA) is 101 Å². The molecule has 7 nitrogen and oxygen atoms in total. The fraction of sp³-hybridized carbons (Fsp3) is 0.273. The van der Waals surface area contributed by atoms with Crippen molar-refractivity contribution in [3.05, 3.63) is 76.3 Å². The fourth-order valence-electron chi connectivity index (χ4n) is 3.18. The predicted molar refractivity (Wildman–Crippen MR) is 110 cm³/mol. The van der Waals surface area contributed by atoms with Crippen LogP contribution < -0.4 is 10.9 Å². The molecular formula is C22H23N3O4. The Morgan fingerprint density at radius 1 is 1.17 bits per heavy atom. The van der Waals surface area contributed by atoms with Gasteiger partial charge in [-0.1, -0.05) is 42.0 Å². The second kappa shape index (κ2) is 9.14. The SMILES string of the molecule is Cc1cccc(CC(CNC(=O)CCn2cnc3ccccc3c2=O)C(=O)O)c1. The maximum absolute atomic E-state index is 12.4. The molecule has 0 fully saturated rings. The number of hydrogen-bond acceptors (Lipinski definition) is 4. The summed E-state index contributed by atoms with van der Waals surface area (Å²) in [6, 6.07) is 14.7. The first-order chi connectivity index (χ1) is 13.9. The number of carbonyl (C=O) groups excluding carboxylic acids is 1. The third kappa shape index (κ3) is 5.28. The van der Waals surface area contributed by atoms with Crippen molar-refractivity contribution in [2.45, 2.75) is 26.3 Å². The summed E-state index contributed by atoms with van der Waals surface area (Å²) in [6.45, 7) is 2.16. The zero-order chi connectivity index (χ0) is 20.8. The van der Waals surface area contributed by atoms with Crippen LogP contribution >= 0.6 is 0 Å². The minimum absolute atomic E-state index is 0.0347. The lowest BCUT2D eigenvalue weighted by Crippen LogP contribution is -2.35. The predicted octanol–water partition coefficient (Wildman–Crippen LogP) is 2.15. The van der Waals surface area contributed by atoms with E-state index in [2.05, 4.69) is 10.3 Å². The van der Waals surface area contributed by atoms with E-state index in [1.54, 1.807) is 18.2 Å². The van der Waals surface area contributed by atoms with Crippen molar-refractivity contribution in [1.82, 2.24) is 14.9 Å². The van der Waals surface area contributed by atoms with E-state index in [9.17, 15) is 19.5 Å². The molecule has 1 aromatic heterocycles. The number of fused-ring (bicyclic) bond motifs is 1. The molecular weight excluding hydrogens is 370 g/mol. The third-order valence-electron chi connectivity index (χ3n) is 4.77. The van der Waals surface area contributed by atoms with Crippen LogP contribution in [0.15, 0.2) is 59.7 Å². The Balaban J connectivity index is 1.56. The van der Waals surface area contributed by atoms with Crippen molar-refractivity contribution in [1.29, 1.82) is 0 Å². The van der Waals surface area contributed by atoms with Crippen LogP contribution in [0.5, 0.6) is 0 Å². The second-order valence-electron chi connectivity index (χ2n) is 7.04. The molecule has 2 aromatic carbocycles. The minimum atomic E-state index is -0.957. The summed E-state index contributed by atoms with van der Waals surface area (Å²) in [6.07, 6.45) is 1.83. The Morgan fingerprint density at radius 2 is 1.97 bits per heavy atom. The van der Waals surface area contributed by atoms with E-state index < -0.39 is 11.9 Å². The first kappa shape index (κ1) is 20.3. The number of carbonyl (C=O) groups is 2. The molecule has 29 heavy (non-hydrogen) atoms. The molecule has 1 unspecified atom stereocenters. The van der Waals surface area contributed by atoms with E-state index in [0.717, 1.165) is 11.1 Å². The lowest BCUT2D eigenvalue weighted by Gasteiger charge is -2.14. The number of nitrogens with one attached hydrogen (secondary N) is 1. The van der Waals surface area contributed by atoms with Gasteiger partial charge in [-0.05, 0) is 31.0 Å². The van der Waals surface area contributed by atoms with Gasteiger partial charge in [-0.15, -0.1) is 0 Å². The first-order valence-electron chi connectivity index (χ1n) is 9.43. The van der Waals surface area contributed by atoms with Gasteiger partial charge in [0.05, 0.1) is 23.1 Å². The molecule has 0 spiro atoms. The number of para-hydroxylation sites is 1. The normalized spacial score (nSPS) is 11.9. The zero-order valence-electron chi connectivity index (χ0n) is 16.2. The number of nitrogens with zero attached hydrogens (tertiary/aromatic N) is 2. The Bertz CT molecular complexity index is 1090. The summed E-state index contributed by atoms with van der Waals surface area (Å²) in [5.74, 6) is -1.98. The van der Waals surface area contributed by atoms with Gasteiger partial charge in [0.2, 0.25) is 5.91 Å². The van der Waals surface area contributed by atoms with Crippen LogP contribution in [0.1, 0.15) is 17.5 Å². The average molecular weight is 393 g/mol. The van der Waals surface area contributed by atoms with E-state index in [-0.39, 0.29) is 31.0 Å². The minimum Gasteiger partial charge on any atom is -0.481 e. The molecule has 7 heteroatoms.